The summed E-state index contributed by atoms with van der Waals surface area (Å²) in [6.45, 7) is 7.49. The van der Waals surface area contributed by atoms with Crippen molar-refractivity contribution in [2.45, 2.75) is 33.2 Å². The van der Waals surface area contributed by atoms with Gasteiger partial charge in [-0.05, 0) is 67.1 Å². The van der Waals surface area contributed by atoms with E-state index in [9.17, 15) is 0 Å². The van der Waals surface area contributed by atoms with Crippen molar-refractivity contribution < 1.29 is 0 Å². The third-order valence-electron chi connectivity index (χ3n) is 3.23. The Morgan fingerprint density at radius 3 is 2.63 bits per heavy atom. The molecular formula is C16H20ClNS. The van der Waals surface area contributed by atoms with E-state index in [-0.39, 0.29) is 6.04 Å². The molecule has 0 aliphatic rings. The molecule has 1 atom stereocenters. The number of hydrogen-bond acceptors (Lipinski definition) is 2. The van der Waals surface area contributed by atoms with E-state index in [0.717, 1.165) is 18.0 Å². The first-order chi connectivity index (χ1) is 9.11. The van der Waals surface area contributed by atoms with Crippen molar-refractivity contribution in [3.8, 4) is 0 Å². The first-order valence-corrected chi connectivity index (χ1v) is 7.92. The quantitative estimate of drug-likeness (QED) is 0.808. The van der Waals surface area contributed by atoms with E-state index in [1.165, 1.54) is 21.6 Å². The van der Waals surface area contributed by atoms with E-state index in [1.54, 1.807) is 11.3 Å². The number of halogens is 1. The lowest BCUT2D eigenvalue weighted by atomic mass is 9.96. The van der Waals surface area contributed by atoms with Crippen molar-refractivity contribution in [2.75, 3.05) is 6.54 Å². The Hall–Kier alpha value is -0.830. The molecule has 1 aromatic heterocycles. The Balaban J connectivity index is 2.36. The van der Waals surface area contributed by atoms with Crippen molar-refractivity contribution in [2.24, 2.45) is 0 Å². The Bertz CT molecular complexity index is 547. The second-order valence-electron chi connectivity index (χ2n) is 4.88. The highest BCUT2D eigenvalue weighted by atomic mass is 35.5. The molecule has 19 heavy (non-hydrogen) atoms. The Kier molecular flexibility index (Phi) is 5.03. The fraction of sp³-hybridized carbons (Fsp3) is 0.375. The number of rotatable bonds is 5. The van der Waals surface area contributed by atoms with Gasteiger partial charge in [-0.15, -0.1) is 11.3 Å². The first kappa shape index (κ1) is 14.6. The Morgan fingerprint density at radius 2 is 2.05 bits per heavy atom. The molecule has 0 saturated heterocycles. The molecule has 0 aliphatic carbocycles. The fourth-order valence-electron chi connectivity index (χ4n) is 2.27. The highest BCUT2D eigenvalue weighted by molar-refractivity contribution is 7.10. The summed E-state index contributed by atoms with van der Waals surface area (Å²) in [5.74, 6) is 0. The summed E-state index contributed by atoms with van der Waals surface area (Å²) in [6.07, 6.45) is 1.13. The number of aryl methyl sites for hydroxylation is 2. The molecule has 0 bridgehead atoms. The highest BCUT2D eigenvalue weighted by Crippen LogP contribution is 2.29. The molecule has 3 heteroatoms. The van der Waals surface area contributed by atoms with E-state index in [1.807, 2.05) is 12.1 Å². The third-order valence-corrected chi connectivity index (χ3v) is 4.34. The van der Waals surface area contributed by atoms with Gasteiger partial charge in [-0.1, -0.05) is 24.6 Å². The number of benzene rings is 1. The minimum atomic E-state index is 0.266. The summed E-state index contributed by atoms with van der Waals surface area (Å²) in [7, 11) is 0. The lowest BCUT2D eigenvalue weighted by Crippen LogP contribution is -2.23. The average Bonchev–Trinajstić information content (AvgIpc) is 2.78. The van der Waals surface area contributed by atoms with Gasteiger partial charge in [0, 0.05) is 9.90 Å². The second kappa shape index (κ2) is 6.56. The molecule has 0 aliphatic heterocycles. The number of thiophene rings is 1. The minimum absolute atomic E-state index is 0.266. The molecular weight excluding hydrogens is 274 g/mol. The lowest BCUT2D eigenvalue weighted by molar-refractivity contribution is 0.597. The van der Waals surface area contributed by atoms with Crippen LogP contribution in [0.3, 0.4) is 0 Å². The van der Waals surface area contributed by atoms with Gasteiger partial charge in [-0.25, -0.2) is 0 Å². The van der Waals surface area contributed by atoms with Crippen LogP contribution in [0.4, 0.5) is 0 Å². The van der Waals surface area contributed by atoms with E-state index in [4.69, 9.17) is 11.6 Å². The number of hydrogen-bond donors (Lipinski definition) is 1. The third kappa shape index (κ3) is 3.59. The molecule has 2 rings (SSSR count). The second-order valence-corrected chi connectivity index (χ2v) is 6.43. The van der Waals surface area contributed by atoms with Crippen LogP contribution in [0.25, 0.3) is 0 Å². The highest BCUT2D eigenvalue weighted by Gasteiger charge is 2.16. The minimum Gasteiger partial charge on any atom is -0.306 e. The van der Waals surface area contributed by atoms with Gasteiger partial charge in [0.05, 0.1) is 6.04 Å². The van der Waals surface area contributed by atoms with Gasteiger partial charge in [-0.3, -0.25) is 0 Å². The molecule has 0 saturated carbocycles. The maximum Gasteiger partial charge on any atom is 0.0587 e. The smallest absolute Gasteiger partial charge is 0.0587 e. The van der Waals surface area contributed by atoms with Crippen molar-refractivity contribution in [1.82, 2.24) is 5.32 Å². The standard InChI is InChI=1S/C16H20ClNS/c1-4-7-18-16(13-9-12(3)19-10-13)15-6-5-14(17)8-11(15)2/h5-6,8-10,16,18H,4,7H2,1-3H3. The maximum atomic E-state index is 6.06. The average molecular weight is 294 g/mol. The number of nitrogens with one attached hydrogen (secondary N) is 1. The molecule has 1 aromatic carbocycles. The van der Waals surface area contributed by atoms with E-state index in [2.05, 4.69) is 43.6 Å². The van der Waals surface area contributed by atoms with Crippen LogP contribution >= 0.6 is 22.9 Å². The summed E-state index contributed by atoms with van der Waals surface area (Å²) in [5.41, 5.74) is 3.90. The molecule has 2 aromatic rings. The van der Waals surface area contributed by atoms with Crippen molar-refractivity contribution in [3.05, 3.63) is 56.2 Å². The van der Waals surface area contributed by atoms with Gasteiger partial charge in [0.2, 0.25) is 0 Å². The zero-order valence-electron chi connectivity index (χ0n) is 11.7. The molecule has 1 N–H and O–H groups in total. The molecule has 0 amide bonds. The summed E-state index contributed by atoms with van der Waals surface area (Å²) in [5, 5.41) is 6.69. The topological polar surface area (TPSA) is 12.0 Å². The van der Waals surface area contributed by atoms with Crippen LogP contribution < -0.4 is 5.32 Å². The van der Waals surface area contributed by atoms with E-state index >= 15 is 0 Å². The molecule has 0 spiro atoms. The normalized spacial score (nSPS) is 12.6. The lowest BCUT2D eigenvalue weighted by Gasteiger charge is -2.20. The van der Waals surface area contributed by atoms with Gasteiger partial charge in [0.25, 0.3) is 0 Å². The van der Waals surface area contributed by atoms with Gasteiger partial charge in [0.1, 0.15) is 0 Å². The van der Waals surface area contributed by atoms with Gasteiger partial charge in [0.15, 0.2) is 0 Å². The SMILES string of the molecule is CCCNC(c1csc(C)c1)c1ccc(Cl)cc1C. The van der Waals surface area contributed by atoms with Gasteiger partial charge >= 0.3 is 0 Å². The van der Waals surface area contributed by atoms with Crippen LogP contribution in [0.2, 0.25) is 5.02 Å². The molecule has 0 fully saturated rings. The van der Waals surface area contributed by atoms with Crippen LogP contribution in [0.1, 0.15) is 41.0 Å². The van der Waals surface area contributed by atoms with Crippen LogP contribution in [0, 0.1) is 13.8 Å². The molecule has 1 unspecified atom stereocenters. The van der Waals surface area contributed by atoms with Crippen molar-refractivity contribution >= 4 is 22.9 Å². The Morgan fingerprint density at radius 1 is 1.26 bits per heavy atom. The first-order valence-electron chi connectivity index (χ1n) is 6.66. The summed E-state index contributed by atoms with van der Waals surface area (Å²) in [6, 6.07) is 8.69. The van der Waals surface area contributed by atoms with E-state index < -0.39 is 0 Å². The van der Waals surface area contributed by atoms with Crippen molar-refractivity contribution in [1.29, 1.82) is 0 Å². The molecule has 0 radical (unpaired) electrons. The summed E-state index contributed by atoms with van der Waals surface area (Å²) in [4.78, 5) is 1.35. The fourth-order valence-corrected chi connectivity index (χ4v) is 3.23. The molecule has 1 nitrogen and oxygen atoms in total. The van der Waals surface area contributed by atoms with E-state index in [0.29, 0.717) is 0 Å². The van der Waals surface area contributed by atoms with Gasteiger partial charge in [-0.2, -0.15) is 0 Å². The van der Waals surface area contributed by atoms with Crippen molar-refractivity contribution in [3.63, 3.8) is 0 Å². The molecule has 1 heterocycles. The van der Waals surface area contributed by atoms with Crippen LogP contribution in [0.15, 0.2) is 29.6 Å². The zero-order chi connectivity index (χ0) is 13.8. The monoisotopic (exact) mass is 293 g/mol. The summed E-state index contributed by atoms with van der Waals surface area (Å²) >= 11 is 7.86. The van der Waals surface area contributed by atoms with Crippen LogP contribution in [0.5, 0.6) is 0 Å². The van der Waals surface area contributed by atoms with Crippen LogP contribution in [-0.2, 0) is 0 Å². The van der Waals surface area contributed by atoms with Crippen LogP contribution in [-0.4, -0.2) is 6.54 Å². The predicted octanol–water partition coefficient (Wildman–Crippen LogP) is 5.11. The molecule has 102 valence electrons. The Labute approximate surface area is 124 Å². The summed E-state index contributed by atoms with van der Waals surface area (Å²) < 4.78 is 0. The zero-order valence-corrected chi connectivity index (χ0v) is 13.2. The predicted molar refractivity (Wildman–Crippen MR) is 85.4 cm³/mol. The largest absolute Gasteiger partial charge is 0.306 e. The van der Waals surface area contributed by atoms with Gasteiger partial charge < -0.3 is 5.32 Å². The maximum absolute atomic E-state index is 6.06.